The van der Waals surface area contributed by atoms with Gasteiger partial charge in [0.15, 0.2) is 0 Å². The van der Waals surface area contributed by atoms with Crippen molar-refractivity contribution in [3.8, 4) is 0 Å². The van der Waals surface area contributed by atoms with Crippen molar-refractivity contribution < 1.29 is 0 Å². The van der Waals surface area contributed by atoms with Crippen LogP contribution in [0.1, 0.15) is 37.9 Å². The van der Waals surface area contributed by atoms with E-state index in [-0.39, 0.29) is 12.4 Å². The Morgan fingerprint density at radius 2 is 1.87 bits per heavy atom. The summed E-state index contributed by atoms with van der Waals surface area (Å²) in [6, 6.07) is 9.31. The number of hydrogen-bond donors (Lipinski definition) is 1. The van der Waals surface area contributed by atoms with E-state index in [4.69, 9.17) is 0 Å². The lowest BCUT2D eigenvalue weighted by atomic mass is 9.78. The van der Waals surface area contributed by atoms with Gasteiger partial charge in [-0.25, -0.2) is 0 Å². The van der Waals surface area contributed by atoms with Gasteiger partial charge in [0.25, 0.3) is 0 Å². The molecule has 1 atom stereocenters. The van der Waals surface area contributed by atoms with Crippen LogP contribution in [0.2, 0.25) is 0 Å². The Morgan fingerprint density at radius 1 is 1.20 bits per heavy atom. The Labute approximate surface area is 98.7 Å². The van der Waals surface area contributed by atoms with E-state index in [0.29, 0.717) is 11.5 Å². The van der Waals surface area contributed by atoms with E-state index in [1.165, 1.54) is 17.5 Å². The normalized spacial score (nSPS) is 20.3. The summed E-state index contributed by atoms with van der Waals surface area (Å²) >= 11 is 0. The molecule has 1 aliphatic rings. The average Bonchev–Trinajstić information content (AvgIpc) is 2.15. The standard InChI is InChI=1S/C13H19N.ClH/c1-13(2,3)12-11-7-5-4-6-10(11)8-9-14-12;/h4-7,12,14H,8-9H2,1-3H3;1H. The molecular formula is C13H20ClN. The largest absolute Gasteiger partial charge is 0.309 e. The zero-order valence-electron chi connectivity index (χ0n) is 9.71. The van der Waals surface area contributed by atoms with Crippen LogP contribution in [0.5, 0.6) is 0 Å². The van der Waals surface area contributed by atoms with Crippen LogP contribution in [0, 0.1) is 5.41 Å². The Bertz CT molecular complexity index is 328. The second-order valence-corrected chi connectivity index (χ2v) is 5.20. The van der Waals surface area contributed by atoms with Crippen LogP contribution >= 0.6 is 12.4 Å². The fourth-order valence-electron chi connectivity index (χ4n) is 2.28. The lowest BCUT2D eigenvalue weighted by molar-refractivity contribution is 0.263. The summed E-state index contributed by atoms with van der Waals surface area (Å²) in [5.41, 5.74) is 3.31. The molecule has 1 aromatic carbocycles. The summed E-state index contributed by atoms with van der Waals surface area (Å²) in [6.45, 7) is 8.01. The number of nitrogens with one attached hydrogen (secondary N) is 1. The van der Waals surface area contributed by atoms with E-state index in [1.54, 1.807) is 0 Å². The van der Waals surface area contributed by atoms with E-state index < -0.39 is 0 Å². The minimum Gasteiger partial charge on any atom is -0.309 e. The highest BCUT2D eigenvalue weighted by molar-refractivity contribution is 5.85. The second-order valence-electron chi connectivity index (χ2n) is 5.20. The molecule has 0 fully saturated rings. The first-order chi connectivity index (χ1) is 6.59. The van der Waals surface area contributed by atoms with Crippen LogP contribution in [0.4, 0.5) is 0 Å². The monoisotopic (exact) mass is 225 g/mol. The molecule has 0 aromatic heterocycles. The summed E-state index contributed by atoms with van der Waals surface area (Å²) in [5, 5.41) is 3.62. The van der Waals surface area contributed by atoms with Gasteiger partial charge in [-0.15, -0.1) is 12.4 Å². The van der Waals surface area contributed by atoms with E-state index in [2.05, 4.69) is 50.4 Å². The van der Waals surface area contributed by atoms with Crippen molar-refractivity contribution in [3.05, 3.63) is 35.4 Å². The molecule has 0 spiro atoms. The lowest BCUT2D eigenvalue weighted by Gasteiger charge is -2.36. The summed E-state index contributed by atoms with van der Waals surface area (Å²) in [7, 11) is 0. The van der Waals surface area contributed by atoms with Gasteiger partial charge < -0.3 is 5.32 Å². The summed E-state index contributed by atoms with van der Waals surface area (Å²) in [6.07, 6.45) is 1.17. The van der Waals surface area contributed by atoms with Crippen molar-refractivity contribution >= 4 is 12.4 Å². The molecule has 15 heavy (non-hydrogen) atoms. The Morgan fingerprint density at radius 3 is 2.53 bits per heavy atom. The first-order valence-electron chi connectivity index (χ1n) is 5.40. The lowest BCUT2D eigenvalue weighted by Crippen LogP contribution is -2.37. The molecule has 0 radical (unpaired) electrons. The van der Waals surface area contributed by atoms with Gasteiger partial charge in [0.05, 0.1) is 0 Å². The quantitative estimate of drug-likeness (QED) is 0.714. The maximum absolute atomic E-state index is 3.62. The maximum Gasteiger partial charge on any atom is 0.0372 e. The second kappa shape index (κ2) is 4.54. The fourth-order valence-corrected chi connectivity index (χ4v) is 2.28. The molecule has 1 heterocycles. The van der Waals surface area contributed by atoms with E-state index in [0.717, 1.165) is 6.54 Å². The molecule has 0 amide bonds. The highest BCUT2D eigenvalue weighted by Crippen LogP contribution is 2.36. The number of hydrogen-bond acceptors (Lipinski definition) is 1. The Balaban J connectivity index is 0.00000112. The summed E-state index contributed by atoms with van der Waals surface area (Å²) in [4.78, 5) is 0. The van der Waals surface area contributed by atoms with Crippen LogP contribution in [0.3, 0.4) is 0 Å². The number of benzene rings is 1. The molecule has 1 aromatic rings. The molecule has 0 aliphatic carbocycles. The number of rotatable bonds is 0. The minimum absolute atomic E-state index is 0. The molecule has 2 heteroatoms. The van der Waals surface area contributed by atoms with E-state index in [1.807, 2.05) is 0 Å². The zero-order chi connectivity index (χ0) is 10.2. The Kier molecular flexibility index (Phi) is 3.80. The maximum atomic E-state index is 3.62. The average molecular weight is 226 g/mol. The smallest absolute Gasteiger partial charge is 0.0372 e. The zero-order valence-corrected chi connectivity index (χ0v) is 10.5. The van der Waals surface area contributed by atoms with Crippen LogP contribution < -0.4 is 5.32 Å². The summed E-state index contributed by atoms with van der Waals surface area (Å²) in [5.74, 6) is 0. The van der Waals surface area contributed by atoms with Crippen molar-refractivity contribution in [2.75, 3.05) is 6.54 Å². The SMILES string of the molecule is CC(C)(C)C1NCCc2ccccc21.Cl. The van der Waals surface area contributed by atoms with Crippen LogP contribution in [-0.2, 0) is 6.42 Å². The molecule has 1 nitrogen and oxygen atoms in total. The van der Waals surface area contributed by atoms with Gasteiger partial charge in [-0.05, 0) is 29.5 Å². The van der Waals surface area contributed by atoms with E-state index >= 15 is 0 Å². The third kappa shape index (κ3) is 2.53. The fraction of sp³-hybridized carbons (Fsp3) is 0.538. The molecule has 0 saturated carbocycles. The van der Waals surface area contributed by atoms with Crippen molar-refractivity contribution in [2.45, 2.75) is 33.2 Å². The topological polar surface area (TPSA) is 12.0 Å². The molecule has 1 N–H and O–H groups in total. The first-order valence-corrected chi connectivity index (χ1v) is 5.40. The van der Waals surface area contributed by atoms with Crippen molar-refractivity contribution in [3.63, 3.8) is 0 Å². The van der Waals surface area contributed by atoms with Crippen molar-refractivity contribution in [2.24, 2.45) is 5.41 Å². The highest BCUT2D eigenvalue weighted by atomic mass is 35.5. The van der Waals surface area contributed by atoms with Gasteiger partial charge in [-0.3, -0.25) is 0 Å². The first kappa shape index (κ1) is 12.5. The molecular weight excluding hydrogens is 206 g/mol. The minimum atomic E-state index is 0. The van der Waals surface area contributed by atoms with Crippen molar-refractivity contribution in [1.82, 2.24) is 5.32 Å². The molecule has 2 rings (SSSR count). The van der Waals surface area contributed by atoms with E-state index in [9.17, 15) is 0 Å². The van der Waals surface area contributed by atoms with Crippen molar-refractivity contribution in [1.29, 1.82) is 0 Å². The molecule has 0 saturated heterocycles. The predicted octanol–water partition coefficient (Wildman–Crippen LogP) is 3.34. The van der Waals surface area contributed by atoms with Gasteiger partial charge in [-0.1, -0.05) is 45.0 Å². The third-order valence-corrected chi connectivity index (χ3v) is 2.97. The van der Waals surface area contributed by atoms with Gasteiger partial charge >= 0.3 is 0 Å². The Hall–Kier alpha value is -0.530. The third-order valence-electron chi connectivity index (χ3n) is 2.97. The molecule has 0 bridgehead atoms. The molecule has 84 valence electrons. The van der Waals surface area contributed by atoms with Gasteiger partial charge in [0.2, 0.25) is 0 Å². The predicted molar refractivity (Wildman–Crippen MR) is 67.6 cm³/mol. The van der Waals surface area contributed by atoms with Crippen LogP contribution in [-0.4, -0.2) is 6.54 Å². The van der Waals surface area contributed by atoms with Gasteiger partial charge in [0.1, 0.15) is 0 Å². The molecule has 1 unspecified atom stereocenters. The van der Waals surface area contributed by atoms with Crippen LogP contribution in [0.15, 0.2) is 24.3 Å². The number of halogens is 1. The van der Waals surface area contributed by atoms with Gasteiger partial charge in [0, 0.05) is 6.04 Å². The highest BCUT2D eigenvalue weighted by Gasteiger charge is 2.29. The van der Waals surface area contributed by atoms with Gasteiger partial charge in [-0.2, -0.15) is 0 Å². The van der Waals surface area contributed by atoms with Crippen LogP contribution in [0.25, 0.3) is 0 Å². The summed E-state index contributed by atoms with van der Waals surface area (Å²) < 4.78 is 0. The molecule has 1 aliphatic heterocycles. The number of fused-ring (bicyclic) bond motifs is 1.